The lowest BCUT2D eigenvalue weighted by atomic mass is 10.0. The number of nitrogens with zero attached hydrogens (tertiary/aromatic N) is 1. The van der Waals surface area contributed by atoms with E-state index in [1.807, 2.05) is 30.3 Å². The normalized spacial score (nSPS) is 11.1. The van der Waals surface area contributed by atoms with E-state index in [1.165, 1.54) is 6.21 Å². The van der Waals surface area contributed by atoms with E-state index in [4.69, 9.17) is 32.7 Å². The molecule has 1 amide bonds. The van der Waals surface area contributed by atoms with Crippen molar-refractivity contribution in [2.75, 3.05) is 7.11 Å². The molecule has 0 saturated carbocycles. The number of aromatic nitrogens is 1. The summed E-state index contributed by atoms with van der Waals surface area (Å²) in [5.74, 6) is -0.192. The highest BCUT2D eigenvalue weighted by molar-refractivity contribution is 6.34. The van der Waals surface area contributed by atoms with Gasteiger partial charge in [-0.1, -0.05) is 65.7 Å². The SMILES string of the molecule is COc1ccc2[nH]c(C(=O)NN=Cc3ccccc3OC(=O)c3ccccc3Cl)c(-c3ccccc3Cl)c2c1. The fraction of sp³-hybridized carbons (Fsp3) is 0.0333. The topological polar surface area (TPSA) is 92.8 Å². The van der Waals surface area contributed by atoms with Crippen LogP contribution in [0.2, 0.25) is 10.0 Å². The smallest absolute Gasteiger partial charge is 0.345 e. The Morgan fingerprint density at radius 2 is 1.62 bits per heavy atom. The van der Waals surface area contributed by atoms with E-state index in [-0.39, 0.29) is 22.0 Å². The molecule has 0 aliphatic rings. The van der Waals surface area contributed by atoms with Gasteiger partial charge in [0.05, 0.1) is 23.9 Å². The average Bonchev–Trinajstić information content (AvgIpc) is 3.33. The summed E-state index contributed by atoms with van der Waals surface area (Å²) in [5, 5.41) is 5.67. The van der Waals surface area contributed by atoms with Gasteiger partial charge >= 0.3 is 5.97 Å². The lowest BCUT2D eigenvalue weighted by Crippen LogP contribution is -2.19. The number of halogens is 2. The molecular formula is C30H21Cl2N3O4. The van der Waals surface area contributed by atoms with Crippen LogP contribution in [0.25, 0.3) is 22.0 Å². The Balaban J connectivity index is 1.43. The van der Waals surface area contributed by atoms with Crippen molar-refractivity contribution in [3.05, 3.63) is 118 Å². The van der Waals surface area contributed by atoms with Crippen molar-refractivity contribution in [1.82, 2.24) is 10.4 Å². The highest BCUT2D eigenvalue weighted by Crippen LogP contribution is 2.38. The second-order valence-electron chi connectivity index (χ2n) is 8.37. The standard InChI is InChI=1S/C30H21Cl2N3O4/c1-38-19-14-15-25-22(16-19)27(20-9-3-5-11-23(20)31)28(34-25)29(36)35-33-17-18-8-2-7-13-26(18)39-30(37)21-10-4-6-12-24(21)32/h2-17,34H,1H3,(H,35,36). The summed E-state index contributed by atoms with van der Waals surface area (Å²) < 4.78 is 10.9. The summed E-state index contributed by atoms with van der Waals surface area (Å²) >= 11 is 12.6. The number of H-pyrrole nitrogens is 1. The summed E-state index contributed by atoms with van der Waals surface area (Å²) in [6.07, 6.45) is 1.40. The molecule has 0 saturated heterocycles. The Labute approximate surface area is 234 Å². The van der Waals surface area contributed by atoms with E-state index in [0.29, 0.717) is 27.5 Å². The number of fused-ring (bicyclic) bond motifs is 1. The number of carbonyl (C=O) groups excluding carboxylic acids is 2. The van der Waals surface area contributed by atoms with Crippen LogP contribution in [0.4, 0.5) is 0 Å². The van der Waals surface area contributed by atoms with E-state index in [9.17, 15) is 9.59 Å². The first-order valence-corrected chi connectivity index (χ1v) is 12.6. The number of hydrogen-bond donors (Lipinski definition) is 2. The van der Waals surface area contributed by atoms with Gasteiger partial charge < -0.3 is 14.5 Å². The maximum absolute atomic E-state index is 13.3. The third-order valence-corrected chi connectivity index (χ3v) is 6.62. The summed E-state index contributed by atoms with van der Waals surface area (Å²) in [6, 6.07) is 26.2. The number of carbonyl (C=O) groups is 2. The highest BCUT2D eigenvalue weighted by atomic mass is 35.5. The molecule has 0 aliphatic carbocycles. The molecule has 9 heteroatoms. The molecule has 39 heavy (non-hydrogen) atoms. The van der Waals surface area contributed by atoms with Gasteiger partial charge in [-0.25, -0.2) is 10.2 Å². The Morgan fingerprint density at radius 3 is 2.38 bits per heavy atom. The summed E-state index contributed by atoms with van der Waals surface area (Å²) in [6.45, 7) is 0. The van der Waals surface area contributed by atoms with Crippen molar-refractivity contribution in [3.63, 3.8) is 0 Å². The van der Waals surface area contributed by atoms with Gasteiger partial charge in [-0.2, -0.15) is 5.10 Å². The zero-order chi connectivity index (χ0) is 27.4. The first kappa shape index (κ1) is 26.0. The molecule has 194 valence electrons. The summed E-state index contributed by atoms with van der Waals surface area (Å²) in [5.41, 5.74) is 5.59. The second kappa shape index (κ2) is 11.4. The van der Waals surface area contributed by atoms with Crippen LogP contribution in [0, 0.1) is 0 Å². The summed E-state index contributed by atoms with van der Waals surface area (Å²) in [7, 11) is 1.58. The molecule has 5 aromatic rings. The lowest BCUT2D eigenvalue weighted by molar-refractivity contribution is 0.0734. The Morgan fingerprint density at radius 1 is 0.897 bits per heavy atom. The van der Waals surface area contributed by atoms with Gasteiger partial charge in [-0.15, -0.1) is 0 Å². The van der Waals surface area contributed by atoms with Crippen LogP contribution in [0.15, 0.2) is 96.1 Å². The van der Waals surface area contributed by atoms with Crippen LogP contribution in [-0.4, -0.2) is 30.2 Å². The number of methoxy groups -OCH3 is 1. The predicted molar refractivity (Wildman–Crippen MR) is 153 cm³/mol. The minimum Gasteiger partial charge on any atom is -0.497 e. The molecule has 0 bridgehead atoms. The molecule has 1 heterocycles. The Bertz CT molecular complexity index is 1730. The highest BCUT2D eigenvalue weighted by Gasteiger charge is 2.21. The molecular weight excluding hydrogens is 537 g/mol. The monoisotopic (exact) mass is 557 g/mol. The van der Waals surface area contributed by atoms with Crippen molar-refractivity contribution in [3.8, 4) is 22.6 Å². The van der Waals surface area contributed by atoms with Gasteiger partial charge in [0.15, 0.2) is 0 Å². The first-order valence-electron chi connectivity index (χ1n) is 11.8. The average molecular weight is 558 g/mol. The molecule has 0 spiro atoms. The van der Waals surface area contributed by atoms with E-state index < -0.39 is 11.9 Å². The van der Waals surface area contributed by atoms with Crippen LogP contribution in [0.5, 0.6) is 11.5 Å². The summed E-state index contributed by atoms with van der Waals surface area (Å²) in [4.78, 5) is 29.1. The predicted octanol–water partition coefficient (Wildman–Crippen LogP) is 7.13. The maximum Gasteiger partial charge on any atom is 0.345 e. The van der Waals surface area contributed by atoms with Crippen molar-refractivity contribution in [2.45, 2.75) is 0 Å². The number of ether oxygens (including phenoxy) is 2. The Kier molecular flexibility index (Phi) is 7.63. The van der Waals surface area contributed by atoms with Crippen LogP contribution in [0.3, 0.4) is 0 Å². The van der Waals surface area contributed by atoms with Crippen LogP contribution < -0.4 is 14.9 Å². The van der Waals surface area contributed by atoms with Crippen LogP contribution >= 0.6 is 23.2 Å². The van der Waals surface area contributed by atoms with Gasteiger partial charge in [-0.3, -0.25) is 4.79 Å². The van der Waals surface area contributed by atoms with E-state index in [0.717, 1.165) is 10.9 Å². The van der Waals surface area contributed by atoms with Crippen molar-refractivity contribution in [1.29, 1.82) is 0 Å². The maximum atomic E-state index is 13.3. The number of rotatable bonds is 7. The molecule has 0 atom stereocenters. The van der Waals surface area contributed by atoms with Gasteiger partial charge in [0.25, 0.3) is 5.91 Å². The van der Waals surface area contributed by atoms with Gasteiger partial charge in [0, 0.05) is 32.6 Å². The molecule has 0 unspecified atom stereocenters. The minimum absolute atomic E-state index is 0.238. The molecule has 0 aliphatic heterocycles. The lowest BCUT2D eigenvalue weighted by Gasteiger charge is -2.08. The van der Waals surface area contributed by atoms with Crippen molar-refractivity contribution in [2.24, 2.45) is 5.10 Å². The number of para-hydroxylation sites is 1. The molecule has 1 aromatic heterocycles. The zero-order valence-corrected chi connectivity index (χ0v) is 22.1. The molecule has 0 radical (unpaired) electrons. The fourth-order valence-electron chi connectivity index (χ4n) is 4.09. The molecule has 0 fully saturated rings. The van der Waals surface area contributed by atoms with Crippen molar-refractivity contribution < 1.29 is 19.1 Å². The number of amides is 1. The van der Waals surface area contributed by atoms with Crippen LogP contribution in [0.1, 0.15) is 26.4 Å². The minimum atomic E-state index is -0.608. The van der Waals surface area contributed by atoms with Gasteiger partial charge in [-0.05, 0) is 48.5 Å². The number of hydrazone groups is 1. The third-order valence-electron chi connectivity index (χ3n) is 5.96. The van der Waals surface area contributed by atoms with E-state index >= 15 is 0 Å². The number of benzene rings is 4. The first-order chi connectivity index (χ1) is 19.0. The molecule has 2 N–H and O–H groups in total. The van der Waals surface area contributed by atoms with Crippen molar-refractivity contribution >= 4 is 52.2 Å². The van der Waals surface area contributed by atoms with E-state index in [1.54, 1.807) is 67.8 Å². The number of hydrogen-bond acceptors (Lipinski definition) is 5. The van der Waals surface area contributed by atoms with Gasteiger partial charge in [0.2, 0.25) is 0 Å². The molecule has 4 aromatic carbocycles. The molecule has 5 rings (SSSR count). The fourth-order valence-corrected chi connectivity index (χ4v) is 4.53. The van der Waals surface area contributed by atoms with Crippen LogP contribution in [-0.2, 0) is 0 Å². The number of nitrogens with one attached hydrogen (secondary N) is 2. The second-order valence-corrected chi connectivity index (χ2v) is 9.19. The Hall–Kier alpha value is -4.59. The zero-order valence-electron chi connectivity index (χ0n) is 20.6. The quantitative estimate of drug-likeness (QED) is 0.0962. The third kappa shape index (κ3) is 5.50. The largest absolute Gasteiger partial charge is 0.497 e. The molecule has 7 nitrogen and oxygen atoms in total. The number of aromatic amines is 1. The van der Waals surface area contributed by atoms with E-state index in [2.05, 4.69) is 15.5 Å². The number of esters is 1. The van der Waals surface area contributed by atoms with Gasteiger partial charge in [0.1, 0.15) is 17.2 Å².